The van der Waals surface area contributed by atoms with Crippen molar-refractivity contribution in [1.29, 1.82) is 0 Å². The molecule has 0 aliphatic carbocycles. The first-order valence-electron chi connectivity index (χ1n) is 13.8. The Morgan fingerprint density at radius 1 is 0.791 bits per heavy atom. The summed E-state index contributed by atoms with van der Waals surface area (Å²) in [4.78, 5) is 13.4. The van der Waals surface area contributed by atoms with Gasteiger partial charge in [0.25, 0.3) is 0 Å². The Bertz CT molecular complexity index is 1360. The van der Waals surface area contributed by atoms with Gasteiger partial charge in [0.2, 0.25) is 5.78 Å². The summed E-state index contributed by atoms with van der Waals surface area (Å²) in [7, 11) is 0. The average molecular weight is 651 g/mol. The van der Waals surface area contributed by atoms with Crippen molar-refractivity contribution in [2.45, 2.75) is 92.0 Å². The van der Waals surface area contributed by atoms with Crippen molar-refractivity contribution in [1.82, 2.24) is 0 Å². The van der Waals surface area contributed by atoms with E-state index < -0.39 is 41.0 Å². The Kier molecular flexibility index (Phi) is 9.47. The van der Waals surface area contributed by atoms with Gasteiger partial charge < -0.3 is 14.2 Å². The number of ether oxygens (including phenoxy) is 3. The van der Waals surface area contributed by atoms with Crippen molar-refractivity contribution in [2.24, 2.45) is 0 Å². The van der Waals surface area contributed by atoms with Gasteiger partial charge in [0, 0.05) is 45.6 Å². The Morgan fingerprint density at radius 2 is 1.23 bits per heavy atom. The zero-order valence-corrected chi connectivity index (χ0v) is 26.6. The molecule has 0 spiro atoms. The van der Waals surface area contributed by atoms with Crippen LogP contribution in [0.3, 0.4) is 0 Å². The quantitative estimate of drug-likeness (QED) is 0.162. The number of hydrogen-bond donors (Lipinski definition) is 0. The Labute approximate surface area is 256 Å². The summed E-state index contributed by atoms with van der Waals surface area (Å²) < 4.78 is 93.3. The number of ketones is 1. The molecule has 0 amide bonds. The van der Waals surface area contributed by atoms with E-state index in [1.54, 1.807) is 25.6 Å². The molecule has 3 heterocycles. The maximum Gasteiger partial charge on any atom is 0.450 e. The highest BCUT2D eigenvalue weighted by atomic mass is 32.2. The molecule has 3 aliphatic heterocycles. The molecule has 238 valence electrons. The second kappa shape index (κ2) is 12.0. The number of carbonyl (C=O) groups is 1. The Morgan fingerprint density at radius 3 is 1.60 bits per heavy atom. The molecule has 12 heteroatoms. The van der Waals surface area contributed by atoms with Gasteiger partial charge >= 0.3 is 12.4 Å². The molecule has 0 aromatic heterocycles. The zero-order chi connectivity index (χ0) is 32.0. The van der Waals surface area contributed by atoms with Crippen LogP contribution in [0, 0.1) is 0 Å². The molecule has 0 N–H and O–H groups in total. The zero-order valence-electron chi connectivity index (χ0n) is 25.0. The molecular formula is C31H36F6O4S2. The summed E-state index contributed by atoms with van der Waals surface area (Å²) in [5, 5.41) is 0. The molecule has 1 saturated heterocycles. The number of carbonyl (C=O) groups excluding carboxylic acids is 1. The van der Waals surface area contributed by atoms with Crippen molar-refractivity contribution in [3.63, 3.8) is 0 Å². The molecule has 2 aromatic carbocycles. The van der Waals surface area contributed by atoms with Crippen LogP contribution < -0.4 is 9.47 Å². The smallest absolute Gasteiger partial charge is 0.450 e. The van der Waals surface area contributed by atoms with Crippen LogP contribution in [0.15, 0.2) is 34.1 Å². The predicted octanol–water partition coefficient (Wildman–Crippen LogP) is 8.48. The van der Waals surface area contributed by atoms with Crippen LogP contribution >= 0.6 is 23.5 Å². The van der Waals surface area contributed by atoms with E-state index in [1.807, 2.05) is 44.6 Å². The molecule has 0 bridgehead atoms. The fourth-order valence-electron chi connectivity index (χ4n) is 5.66. The lowest BCUT2D eigenvalue weighted by atomic mass is 9.76. The molecule has 4 nitrogen and oxygen atoms in total. The van der Waals surface area contributed by atoms with Crippen LogP contribution in [0.2, 0.25) is 0 Å². The second-order valence-electron chi connectivity index (χ2n) is 12.3. The third-order valence-corrected chi connectivity index (χ3v) is 9.51. The summed E-state index contributed by atoms with van der Waals surface area (Å²) >= 11 is 3.12. The maximum atomic E-state index is 13.2. The van der Waals surface area contributed by atoms with Crippen LogP contribution in [0.5, 0.6) is 11.5 Å². The van der Waals surface area contributed by atoms with Gasteiger partial charge in [-0.05, 0) is 59.7 Å². The molecule has 1 unspecified atom stereocenters. The number of halogens is 6. The lowest BCUT2D eigenvalue weighted by Crippen LogP contribution is -2.39. The number of Topliss-reactive ketones (excluding diaryl/α,β-unsaturated/α-hetero) is 1. The number of benzene rings is 2. The highest BCUT2D eigenvalue weighted by Gasteiger charge is 2.67. The monoisotopic (exact) mass is 650 g/mol. The predicted molar refractivity (Wildman–Crippen MR) is 156 cm³/mol. The largest absolute Gasteiger partial charge is 0.493 e. The van der Waals surface area contributed by atoms with Gasteiger partial charge in [0.15, 0.2) is 5.60 Å². The van der Waals surface area contributed by atoms with Crippen LogP contribution in [0.25, 0.3) is 0 Å². The van der Waals surface area contributed by atoms with Crippen molar-refractivity contribution in [2.75, 3.05) is 32.3 Å². The minimum Gasteiger partial charge on any atom is -0.493 e. The second-order valence-corrected chi connectivity index (χ2v) is 14.1. The van der Waals surface area contributed by atoms with E-state index in [1.165, 1.54) is 11.8 Å². The van der Waals surface area contributed by atoms with Crippen LogP contribution in [-0.4, -0.2) is 56.1 Å². The molecular weight excluding hydrogens is 614 g/mol. The standard InChI is InChI=1S/C16H19F3O2S.C15H17F3O2S/c1-14(2,8-15(9-21-15)16(17,18)19)12-7-11(22-3)6-10-4-5-20-13(10)12;1-14(2,8-12(19)15(16,17)18)11-7-10(21-3)6-9-4-5-20-13(9)11/h6-7H,4-5,8-9H2,1-3H3;6-7H,4-5,8H2,1-3H3. The number of epoxide rings is 1. The minimum atomic E-state index is -4.79. The molecule has 2 aromatic rings. The molecule has 0 saturated carbocycles. The van der Waals surface area contributed by atoms with E-state index in [9.17, 15) is 31.1 Å². The van der Waals surface area contributed by atoms with Crippen molar-refractivity contribution in [3.05, 3.63) is 46.5 Å². The molecule has 3 aliphatic rings. The van der Waals surface area contributed by atoms with Crippen LogP contribution in [0.4, 0.5) is 26.3 Å². The van der Waals surface area contributed by atoms with Gasteiger partial charge in [-0.1, -0.05) is 27.7 Å². The molecule has 0 radical (unpaired) electrons. The normalized spacial score (nSPS) is 19.5. The van der Waals surface area contributed by atoms with E-state index in [-0.39, 0.29) is 13.0 Å². The van der Waals surface area contributed by atoms with Crippen LogP contribution in [-0.2, 0) is 33.2 Å². The number of hydrogen-bond acceptors (Lipinski definition) is 6. The fourth-order valence-corrected chi connectivity index (χ4v) is 6.65. The number of alkyl halides is 6. The Balaban J connectivity index is 0.000000197. The van der Waals surface area contributed by atoms with Gasteiger partial charge in [0.1, 0.15) is 11.5 Å². The van der Waals surface area contributed by atoms with Crippen LogP contribution in [0.1, 0.15) is 62.8 Å². The van der Waals surface area contributed by atoms with Crippen molar-refractivity contribution in [3.8, 4) is 11.5 Å². The SMILES string of the molecule is CSc1cc2c(c(C(C)(C)CC(=O)C(F)(F)F)c1)OCC2.CSc1cc2c(c(C(C)(C)CC3(C(F)(F)F)CO3)c1)OCC2. The van der Waals surface area contributed by atoms with Gasteiger partial charge in [-0.3, -0.25) is 4.79 Å². The lowest BCUT2D eigenvalue weighted by molar-refractivity contribution is -0.188. The van der Waals surface area contributed by atoms with Crippen molar-refractivity contribution < 1.29 is 45.3 Å². The fraction of sp³-hybridized carbons (Fsp3) is 0.581. The van der Waals surface area contributed by atoms with E-state index in [2.05, 4.69) is 6.07 Å². The van der Waals surface area contributed by atoms with Gasteiger partial charge in [-0.2, -0.15) is 26.3 Å². The first kappa shape index (κ1) is 33.8. The number of rotatable bonds is 8. The highest BCUT2D eigenvalue weighted by Crippen LogP contribution is 2.53. The first-order chi connectivity index (χ1) is 19.8. The molecule has 1 fully saturated rings. The van der Waals surface area contributed by atoms with Crippen molar-refractivity contribution >= 4 is 29.3 Å². The summed E-state index contributed by atoms with van der Waals surface area (Å²) in [5.74, 6) is -0.289. The first-order valence-corrected chi connectivity index (χ1v) is 16.3. The number of thioether (sulfide) groups is 2. The van der Waals surface area contributed by atoms with E-state index in [0.717, 1.165) is 45.1 Å². The summed E-state index contributed by atoms with van der Waals surface area (Å²) in [6, 6.07) is 7.86. The van der Waals surface area contributed by atoms with Gasteiger partial charge in [0.05, 0.1) is 19.8 Å². The average Bonchev–Trinajstić information content (AvgIpc) is 3.31. The maximum absolute atomic E-state index is 13.2. The van der Waals surface area contributed by atoms with E-state index in [0.29, 0.717) is 24.5 Å². The molecule has 1 atom stereocenters. The third-order valence-electron chi connectivity index (χ3n) is 8.10. The summed E-state index contributed by atoms with van der Waals surface area (Å²) in [6.45, 7) is 7.86. The summed E-state index contributed by atoms with van der Waals surface area (Å²) in [6.07, 6.45) is -4.34. The molecule has 43 heavy (non-hydrogen) atoms. The minimum absolute atomic E-state index is 0.0862. The topological polar surface area (TPSA) is 48.1 Å². The number of fused-ring (bicyclic) bond motifs is 2. The van der Waals surface area contributed by atoms with Gasteiger partial charge in [-0.25, -0.2) is 0 Å². The molecule has 5 rings (SSSR count). The highest BCUT2D eigenvalue weighted by molar-refractivity contribution is 7.98. The lowest BCUT2D eigenvalue weighted by Gasteiger charge is -2.31. The van der Waals surface area contributed by atoms with E-state index >= 15 is 0 Å². The summed E-state index contributed by atoms with van der Waals surface area (Å²) in [5.41, 5.74) is 0.0403. The van der Waals surface area contributed by atoms with E-state index in [4.69, 9.17) is 14.2 Å². The third kappa shape index (κ3) is 7.27. The Hall–Kier alpha value is -2.05. The van der Waals surface area contributed by atoms with Gasteiger partial charge in [-0.15, -0.1) is 23.5 Å².